The molecule has 2 N–H and O–H groups in total. The number of aliphatic hydroxyl groups excluding tert-OH is 1. The Hall–Kier alpha value is -2.08. The molecule has 4 rings (SSSR count). The topological polar surface area (TPSA) is 72.9 Å². The van der Waals surface area contributed by atoms with Crippen LogP contribution in [-0.4, -0.2) is 65.0 Å². The third-order valence-electron chi connectivity index (χ3n) is 6.83. The second kappa shape index (κ2) is 8.34. The van der Waals surface area contributed by atoms with E-state index in [9.17, 15) is 14.7 Å². The van der Waals surface area contributed by atoms with Gasteiger partial charge in [-0.15, -0.1) is 0 Å². The van der Waals surface area contributed by atoms with Gasteiger partial charge in [0.05, 0.1) is 18.2 Å². The molecular formula is C23H33N3O3. The number of rotatable bonds is 5. The van der Waals surface area contributed by atoms with E-state index in [-0.39, 0.29) is 36.4 Å². The number of hydrogen-bond donors (Lipinski definition) is 2. The second-order valence-corrected chi connectivity index (χ2v) is 9.30. The van der Waals surface area contributed by atoms with E-state index in [1.165, 1.54) is 0 Å². The van der Waals surface area contributed by atoms with Gasteiger partial charge in [-0.1, -0.05) is 26.0 Å². The van der Waals surface area contributed by atoms with Gasteiger partial charge in [0.15, 0.2) is 0 Å². The van der Waals surface area contributed by atoms with Crippen LogP contribution in [0, 0.1) is 17.8 Å². The molecule has 3 aliphatic rings. The fourth-order valence-electron chi connectivity index (χ4n) is 5.48. The molecule has 6 heteroatoms. The Labute approximate surface area is 173 Å². The largest absolute Gasteiger partial charge is 0.394 e. The first-order chi connectivity index (χ1) is 14.0. The lowest BCUT2D eigenvalue weighted by Crippen LogP contribution is -2.66. The van der Waals surface area contributed by atoms with Gasteiger partial charge in [-0.05, 0) is 49.1 Å². The maximum Gasteiger partial charge on any atom is 0.255 e. The molecule has 3 saturated heterocycles. The number of fused-ring (bicyclic) bond motifs is 4. The highest BCUT2D eigenvalue weighted by atomic mass is 16.3. The SMILES string of the molecule is CC(C)CNc1ccccc1C(=O)N1C[C@H]2C[C@@H](C1)[C@H](CO)N1C(=O)CCC[C@@H]21. The Morgan fingerprint density at radius 2 is 2.00 bits per heavy atom. The van der Waals surface area contributed by atoms with Crippen molar-refractivity contribution in [2.45, 2.75) is 51.6 Å². The Morgan fingerprint density at radius 1 is 1.24 bits per heavy atom. The van der Waals surface area contributed by atoms with Crippen molar-refractivity contribution in [1.29, 1.82) is 0 Å². The summed E-state index contributed by atoms with van der Waals surface area (Å²) in [6, 6.07) is 7.74. The predicted octanol–water partition coefficient (Wildman–Crippen LogP) is 2.59. The van der Waals surface area contributed by atoms with E-state index in [0.717, 1.165) is 31.5 Å². The maximum absolute atomic E-state index is 13.5. The smallest absolute Gasteiger partial charge is 0.255 e. The lowest BCUT2D eigenvalue weighted by Gasteiger charge is -2.56. The number of aliphatic hydroxyl groups is 1. The average Bonchev–Trinajstić information content (AvgIpc) is 2.72. The number of carbonyl (C=O) groups is 2. The van der Waals surface area contributed by atoms with Crippen LogP contribution in [0.3, 0.4) is 0 Å². The third-order valence-corrected chi connectivity index (χ3v) is 6.83. The summed E-state index contributed by atoms with van der Waals surface area (Å²) in [6.07, 6.45) is 3.48. The number of para-hydroxylation sites is 1. The molecule has 3 aliphatic heterocycles. The van der Waals surface area contributed by atoms with Crippen molar-refractivity contribution in [3.05, 3.63) is 29.8 Å². The first kappa shape index (κ1) is 20.2. The Balaban J connectivity index is 1.56. The molecule has 0 aliphatic carbocycles. The summed E-state index contributed by atoms with van der Waals surface area (Å²) in [5.74, 6) is 1.18. The Kier molecular flexibility index (Phi) is 5.81. The number of carbonyl (C=O) groups excluding carboxylic acids is 2. The zero-order valence-corrected chi connectivity index (χ0v) is 17.5. The van der Waals surface area contributed by atoms with Crippen LogP contribution in [0.2, 0.25) is 0 Å². The van der Waals surface area contributed by atoms with Crippen molar-refractivity contribution in [3.8, 4) is 0 Å². The van der Waals surface area contributed by atoms with Crippen LogP contribution >= 0.6 is 0 Å². The van der Waals surface area contributed by atoms with Crippen LogP contribution in [0.5, 0.6) is 0 Å². The van der Waals surface area contributed by atoms with Crippen molar-refractivity contribution in [1.82, 2.24) is 9.80 Å². The summed E-state index contributed by atoms with van der Waals surface area (Å²) in [5, 5.41) is 13.5. The van der Waals surface area contributed by atoms with Gasteiger partial charge in [-0.25, -0.2) is 0 Å². The number of amides is 2. The number of benzene rings is 1. The summed E-state index contributed by atoms with van der Waals surface area (Å²) in [5.41, 5.74) is 1.60. The van der Waals surface area contributed by atoms with Crippen LogP contribution in [0.25, 0.3) is 0 Å². The lowest BCUT2D eigenvalue weighted by molar-refractivity contribution is -0.154. The van der Waals surface area contributed by atoms with Gasteiger partial charge in [0.1, 0.15) is 0 Å². The van der Waals surface area contributed by atoms with Gasteiger partial charge in [0.25, 0.3) is 5.91 Å². The van der Waals surface area contributed by atoms with E-state index in [0.29, 0.717) is 36.9 Å². The molecule has 2 bridgehead atoms. The van der Waals surface area contributed by atoms with Gasteiger partial charge in [0, 0.05) is 37.8 Å². The van der Waals surface area contributed by atoms with Gasteiger partial charge < -0.3 is 20.2 Å². The number of piperidine rings is 3. The molecule has 0 spiro atoms. The van der Waals surface area contributed by atoms with Crippen molar-refractivity contribution in [2.75, 3.05) is 31.6 Å². The highest BCUT2D eigenvalue weighted by molar-refractivity contribution is 5.99. The van der Waals surface area contributed by atoms with Crippen LogP contribution < -0.4 is 5.32 Å². The fraction of sp³-hybridized carbons (Fsp3) is 0.652. The number of anilines is 1. The molecule has 1 aromatic rings. The molecule has 2 amide bonds. The third kappa shape index (κ3) is 3.87. The van der Waals surface area contributed by atoms with Crippen LogP contribution in [0.1, 0.15) is 49.9 Å². The van der Waals surface area contributed by atoms with E-state index >= 15 is 0 Å². The Morgan fingerprint density at radius 3 is 2.76 bits per heavy atom. The minimum Gasteiger partial charge on any atom is -0.394 e. The fourth-order valence-corrected chi connectivity index (χ4v) is 5.48. The lowest BCUT2D eigenvalue weighted by atomic mass is 9.72. The number of likely N-dealkylation sites (tertiary alicyclic amines) is 1. The zero-order valence-electron chi connectivity index (χ0n) is 17.5. The van der Waals surface area contributed by atoms with Gasteiger partial charge >= 0.3 is 0 Å². The first-order valence-electron chi connectivity index (χ1n) is 11.0. The summed E-state index contributed by atoms with van der Waals surface area (Å²) in [4.78, 5) is 30.0. The molecule has 0 radical (unpaired) electrons. The minimum atomic E-state index is -0.158. The molecule has 29 heavy (non-hydrogen) atoms. The molecular weight excluding hydrogens is 366 g/mol. The van der Waals surface area contributed by atoms with E-state index in [1.54, 1.807) is 0 Å². The molecule has 158 valence electrons. The number of hydrogen-bond acceptors (Lipinski definition) is 4. The molecule has 1 aromatic carbocycles. The van der Waals surface area contributed by atoms with Crippen molar-refractivity contribution >= 4 is 17.5 Å². The van der Waals surface area contributed by atoms with Crippen LogP contribution in [-0.2, 0) is 4.79 Å². The second-order valence-electron chi connectivity index (χ2n) is 9.30. The zero-order chi connectivity index (χ0) is 20.5. The first-order valence-corrected chi connectivity index (χ1v) is 11.0. The van der Waals surface area contributed by atoms with E-state index in [1.807, 2.05) is 34.1 Å². The molecule has 0 unspecified atom stereocenters. The van der Waals surface area contributed by atoms with Crippen LogP contribution in [0.4, 0.5) is 5.69 Å². The normalized spacial score (nSPS) is 29.0. The van der Waals surface area contributed by atoms with Crippen LogP contribution in [0.15, 0.2) is 24.3 Å². The molecule has 6 nitrogen and oxygen atoms in total. The van der Waals surface area contributed by atoms with E-state index in [2.05, 4.69) is 19.2 Å². The summed E-state index contributed by atoms with van der Waals surface area (Å²) in [6.45, 7) is 6.40. The van der Waals surface area contributed by atoms with Crippen molar-refractivity contribution in [2.24, 2.45) is 17.8 Å². The standard InChI is InChI=1S/C23H33N3O3/c1-15(2)11-24-19-7-4-3-6-18(19)23(29)25-12-16-10-17(13-25)21(14-27)26-20(16)8-5-9-22(26)28/h3-4,6-7,15-17,20-21,24,27H,5,8-14H2,1-2H3/t16-,17+,20+,21+/m1/s1. The Bertz CT molecular complexity index is 751. The summed E-state index contributed by atoms with van der Waals surface area (Å²) in [7, 11) is 0. The summed E-state index contributed by atoms with van der Waals surface area (Å²) >= 11 is 0. The van der Waals surface area contributed by atoms with Gasteiger partial charge in [-0.3, -0.25) is 9.59 Å². The monoisotopic (exact) mass is 399 g/mol. The highest BCUT2D eigenvalue weighted by Gasteiger charge is 2.49. The minimum absolute atomic E-state index is 0.0197. The quantitative estimate of drug-likeness (QED) is 0.798. The van der Waals surface area contributed by atoms with Crippen molar-refractivity contribution < 1.29 is 14.7 Å². The predicted molar refractivity (Wildman–Crippen MR) is 113 cm³/mol. The molecule has 3 fully saturated rings. The van der Waals surface area contributed by atoms with Gasteiger partial charge in [-0.2, -0.15) is 0 Å². The van der Waals surface area contributed by atoms with Crippen molar-refractivity contribution in [3.63, 3.8) is 0 Å². The molecule has 0 aromatic heterocycles. The number of nitrogens with zero attached hydrogens (tertiary/aromatic N) is 2. The molecule has 3 heterocycles. The average molecular weight is 400 g/mol. The molecule has 0 saturated carbocycles. The van der Waals surface area contributed by atoms with E-state index in [4.69, 9.17) is 0 Å². The maximum atomic E-state index is 13.5. The molecule has 4 atom stereocenters. The summed E-state index contributed by atoms with van der Waals surface area (Å²) < 4.78 is 0. The van der Waals surface area contributed by atoms with E-state index < -0.39 is 0 Å². The van der Waals surface area contributed by atoms with Gasteiger partial charge in [0.2, 0.25) is 5.91 Å². The highest BCUT2D eigenvalue weighted by Crippen LogP contribution is 2.41. The number of nitrogens with one attached hydrogen (secondary N) is 1.